The van der Waals surface area contributed by atoms with Crippen LogP contribution in [0.3, 0.4) is 0 Å². The highest BCUT2D eigenvalue weighted by Crippen LogP contribution is 2.16. The molecule has 82 valence electrons. The third-order valence-electron chi connectivity index (χ3n) is 3.23. The summed E-state index contributed by atoms with van der Waals surface area (Å²) in [5, 5.41) is 9.19. The van der Waals surface area contributed by atoms with Crippen molar-refractivity contribution in [2.45, 2.75) is 32.2 Å². The van der Waals surface area contributed by atoms with Crippen LogP contribution in [0.15, 0.2) is 24.3 Å². The summed E-state index contributed by atoms with van der Waals surface area (Å²) in [6.45, 7) is 4.79. The standard InChI is InChI=1S/C13H19NO/c1-11(14-8-2-3-9-14)10-12-4-6-13(15)7-5-12/h4-7,11,15H,2-3,8-10H2,1H3. The van der Waals surface area contributed by atoms with E-state index in [1.165, 1.54) is 31.5 Å². The van der Waals surface area contributed by atoms with Gasteiger partial charge >= 0.3 is 0 Å². The maximum Gasteiger partial charge on any atom is 0.115 e. The van der Waals surface area contributed by atoms with E-state index < -0.39 is 0 Å². The summed E-state index contributed by atoms with van der Waals surface area (Å²) in [5.74, 6) is 0.354. The number of benzene rings is 1. The number of hydrogen-bond acceptors (Lipinski definition) is 2. The fourth-order valence-corrected chi connectivity index (χ4v) is 2.28. The normalized spacial score (nSPS) is 19.3. The summed E-state index contributed by atoms with van der Waals surface area (Å²) in [6.07, 6.45) is 3.78. The predicted molar refractivity (Wildman–Crippen MR) is 62.1 cm³/mol. The molecule has 1 aliphatic rings. The van der Waals surface area contributed by atoms with E-state index in [0.29, 0.717) is 11.8 Å². The fourth-order valence-electron chi connectivity index (χ4n) is 2.28. The molecule has 1 N–H and O–H groups in total. The van der Waals surface area contributed by atoms with Gasteiger partial charge in [-0.3, -0.25) is 0 Å². The highest BCUT2D eigenvalue weighted by molar-refractivity contribution is 5.26. The van der Waals surface area contributed by atoms with E-state index in [1.54, 1.807) is 12.1 Å². The average Bonchev–Trinajstić information content (AvgIpc) is 2.74. The molecule has 1 heterocycles. The van der Waals surface area contributed by atoms with Gasteiger partial charge in [0.25, 0.3) is 0 Å². The molecule has 2 rings (SSSR count). The summed E-state index contributed by atoms with van der Waals surface area (Å²) >= 11 is 0. The minimum Gasteiger partial charge on any atom is -0.508 e. The van der Waals surface area contributed by atoms with Gasteiger partial charge in [-0.15, -0.1) is 0 Å². The molecule has 15 heavy (non-hydrogen) atoms. The first-order valence-corrected chi connectivity index (χ1v) is 5.77. The summed E-state index contributed by atoms with van der Waals surface area (Å²) in [5.41, 5.74) is 1.31. The average molecular weight is 205 g/mol. The lowest BCUT2D eigenvalue weighted by Gasteiger charge is -2.23. The lowest BCUT2D eigenvalue weighted by Crippen LogP contribution is -2.31. The minimum atomic E-state index is 0.354. The molecule has 1 fully saturated rings. The van der Waals surface area contributed by atoms with Crippen molar-refractivity contribution in [2.24, 2.45) is 0 Å². The Labute approximate surface area is 91.5 Å². The van der Waals surface area contributed by atoms with Crippen LogP contribution in [0.4, 0.5) is 0 Å². The van der Waals surface area contributed by atoms with E-state index in [0.717, 1.165) is 6.42 Å². The van der Waals surface area contributed by atoms with Crippen molar-refractivity contribution in [2.75, 3.05) is 13.1 Å². The van der Waals surface area contributed by atoms with Crippen LogP contribution >= 0.6 is 0 Å². The first-order valence-electron chi connectivity index (χ1n) is 5.77. The van der Waals surface area contributed by atoms with Gasteiger partial charge in [0.15, 0.2) is 0 Å². The summed E-state index contributed by atoms with van der Waals surface area (Å²) < 4.78 is 0. The van der Waals surface area contributed by atoms with Crippen molar-refractivity contribution < 1.29 is 5.11 Å². The van der Waals surface area contributed by atoms with Crippen molar-refractivity contribution in [1.29, 1.82) is 0 Å². The van der Waals surface area contributed by atoms with Gasteiger partial charge in [-0.05, 0) is 57.0 Å². The van der Waals surface area contributed by atoms with Gasteiger partial charge in [0, 0.05) is 6.04 Å². The third kappa shape index (κ3) is 2.72. The zero-order valence-corrected chi connectivity index (χ0v) is 9.32. The molecule has 1 aromatic rings. The molecule has 1 unspecified atom stereocenters. The Bertz CT molecular complexity index is 301. The van der Waals surface area contributed by atoms with Crippen LogP contribution in [0.1, 0.15) is 25.3 Å². The van der Waals surface area contributed by atoms with Crippen LogP contribution in [-0.4, -0.2) is 29.1 Å². The molecule has 1 atom stereocenters. The van der Waals surface area contributed by atoms with E-state index in [1.807, 2.05) is 12.1 Å². The van der Waals surface area contributed by atoms with E-state index in [2.05, 4.69) is 11.8 Å². The minimum absolute atomic E-state index is 0.354. The predicted octanol–water partition coefficient (Wildman–Crippen LogP) is 2.42. The molecule has 1 saturated heterocycles. The summed E-state index contributed by atoms with van der Waals surface area (Å²) in [4.78, 5) is 2.55. The molecule has 0 spiro atoms. The SMILES string of the molecule is CC(Cc1ccc(O)cc1)N1CCCC1. The molecule has 0 aromatic heterocycles. The van der Waals surface area contributed by atoms with Gasteiger partial charge in [-0.1, -0.05) is 12.1 Å². The molecule has 2 heteroatoms. The Morgan fingerprint density at radius 1 is 1.20 bits per heavy atom. The van der Waals surface area contributed by atoms with Gasteiger partial charge in [0.1, 0.15) is 5.75 Å². The van der Waals surface area contributed by atoms with Crippen molar-refractivity contribution in [3.63, 3.8) is 0 Å². The Kier molecular flexibility index (Phi) is 3.27. The molecular formula is C13H19NO. The Morgan fingerprint density at radius 2 is 1.80 bits per heavy atom. The second-order valence-corrected chi connectivity index (χ2v) is 4.46. The summed E-state index contributed by atoms with van der Waals surface area (Å²) in [7, 11) is 0. The van der Waals surface area contributed by atoms with Gasteiger partial charge in [0.05, 0.1) is 0 Å². The van der Waals surface area contributed by atoms with Crippen LogP contribution < -0.4 is 0 Å². The first kappa shape index (κ1) is 10.5. The molecule has 0 aliphatic carbocycles. The smallest absolute Gasteiger partial charge is 0.115 e. The lowest BCUT2D eigenvalue weighted by molar-refractivity contribution is 0.257. The molecule has 1 aromatic carbocycles. The first-order chi connectivity index (χ1) is 7.25. The van der Waals surface area contributed by atoms with Gasteiger partial charge in [-0.25, -0.2) is 0 Å². The zero-order chi connectivity index (χ0) is 10.7. The number of nitrogens with zero attached hydrogens (tertiary/aromatic N) is 1. The number of likely N-dealkylation sites (tertiary alicyclic amines) is 1. The maximum atomic E-state index is 9.19. The second kappa shape index (κ2) is 4.67. The van der Waals surface area contributed by atoms with Crippen LogP contribution in [0, 0.1) is 0 Å². The van der Waals surface area contributed by atoms with Crippen LogP contribution in [0.5, 0.6) is 5.75 Å². The number of rotatable bonds is 3. The number of phenols is 1. The van der Waals surface area contributed by atoms with E-state index in [9.17, 15) is 5.11 Å². The van der Waals surface area contributed by atoms with Gasteiger partial charge in [-0.2, -0.15) is 0 Å². The Morgan fingerprint density at radius 3 is 2.40 bits per heavy atom. The Hall–Kier alpha value is -1.02. The number of hydrogen-bond donors (Lipinski definition) is 1. The lowest BCUT2D eigenvalue weighted by atomic mass is 10.1. The van der Waals surface area contributed by atoms with E-state index >= 15 is 0 Å². The molecule has 0 bridgehead atoms. The van der Waals surface area contributed by atoms with Crippen LogP contribution in [0.2, 0.25) is 0 Å². The van der Waals surface area contributed by atoms with Gasteiger partial charge in [0.2, 0.25) is 0 Å². The van der Waals surface area contributed by atoms with E-state index in [-0.39, 0.29) is 0 Å². The number of phenolic OH excluding ortho intramolecular Hbond substituents is 1. The largest absolute Gasteiger partial charge is 0.508 e. The van der Waals surface area contributed by atoms with Crippen molar-refractivity contribution in [1.82, 2.24) is 4.90 Å². The zero-order valence-electron chi connectivity index (χ0n) is 9.32. The monoisotopic (exact) mass is 205 g/mol. The second-order valence-electron chi connectivity index (χ2n) is 4.46. The molecular weight excluding hydrogens is 186 g/mol. The molecule has 1 aliphatic heterocycles. The highest BCUT2D eigenvalue weighted by atomic mass is 16.3. The Balaban J connectivity index is 1.92. The molecule has 0 saturated carbocycles. The van der Waals surface area contributed by atoms with Gasteiger partial charge < -0.3 is 10.0 Å². The van der Waals surface area contributed by atoms with Crippen LogP contribution in [-0.2, 0) is 6.42 Å². The van der Waals surface area contributed by atoms with Crippen molar-refractivity contribution in [3.8, 4) is 5.75 Å². The van der Waals surface area contributed by atoms with E-state index in [4.69, 9.17) is 0 Å². The maximum absolute atomic E-state index is 9.19. The number of aromatic hydroxyl groups is 1. The highest BCUT2D eigenvalue weighted by Gasteiger charge is 2.17. The van der Waals surface area contributed by atoms with Crippen molar-refractivity contribution >= 4 is 0 Å². The molecule has 0 amide bonds. The topological polar surface area (TPSA) is 23.5 Å². The van der Waals surface area contributed by atoms with Crippen LogP contribution in [0.25, 0.3) is 0 Å². The molecule has 2 nitrogen and oxygen atoms in total. The quantitative estimate of drug-likeness (QED) is 0.819. The molecule has 0 radical (unpaired) electrons. The fraction of sp³-hybridized carbons (Fsp3) is 0.538. The third-order valence-corrected chi connectivity index (χ3v) is 3.23. The summed E-state index contributed by atoms with van der Waals surface area (Å²) in [6, 6.07) is 8.19. The van der Waals surface area contributed by atoms with Crippen molar-refractivity contribution in [3.05, 3.63) is 29.8 Å².